The third-order valence-electron chi connectivity index (χ3n) is 3.69. The van der Waals surface area contributed by atoms with Gasteiger partial charge in [0.1, 0.15) is 0 Å². The van der Waals surface area contributed by atoms with E-state index in [1.807, 2.05) is 36.4 Å². The number of hydrogen-bond acceptors (Lipinski definition) is 2. The molecule has 108 valence electrons. The van der Waals surface area contributed by atoms with Gasteiger partial charge in [-0.2, -0.15) is 0 Å². The molecule has 0 unspecified atom stereocenters. The molecule has 0 bridgehead atoms. The largest absolute Gasteiger partial charge is 0.370 e. The SMILES string of the molecule is O=C(Nc1ccc(N2CCCC2)c(Cl)c1)c1ccccc1. The Balaban J connectivity index is 1.75. The Kier molecular flexibility index (Phi) is 4.11. The van der Waals surface area contributed by atoms with E-state index in [-0.39, 0.29) is 5.91 Å². The number of anilines is 2. The molecule has 21 heavy (non-hydrogen) atoms. The molecule has 2 aromatic rings. The summed E-state index contributed by atoms with van der Waals surface area (Å²) in [7, 11) is 0. The molecule has 0 spiro atoms. The van der Waals surface area contributed by atoms with Crippen LogP contribution in [0.3, 0.4) is 0 Å². The molecule has 0 saturated carbocycles. The van der Waals surface area contributed by atoms with Gasteiger partial charge < -0.3 is 10.2 Å². The van der Waals surface area contributed by atoms with Gasteiger partial charge in [0.2, 0.25) is 0 Å². The fraction of sp³-hybridized carbons (Fsp3) is 0.235. The summed E-state index contributed by atoms with van der Waals surface area (Å²) in [5, 5.41) is 3.56. The van der Waals surface area contributed by atoms with Crippen molar-refractivity contribution in [1.82, 2.24) is 0 Å². The highest BCUT2D eigenvalue weighted by Gasteiger charge is 2.15. The number of carbonyl (C=O) groups is 1. The fourth-order valence-corrected chi connectivity index (χ4v) is 2.89. The van der Waals surface area contributed by atoms with Crippen LogP contribution in [0.25, 0.3) is 0 Å². The van der Waals surface area contributed by atoms with E-state index in [2.05, 4.69) is 10.2 Å². The Morgan fingerprint density at radius 2 is 1.76 bits per heavy atom. The molecule has 4 heteroatoms. The van der Waals surface area contributed by atoms with Crippen LogP contribution in [0.15, 0.2) is 48.5 Å². The predicted molar refractivity (Wildman–Crippen MR) is 87.3 cm³/mol. The van der Waals surface area contributed by atoms with Crippen LogP contribution in [-0.2, 0) is 0 Å². The zero-order chi connectivity index (χ0) is 14.7. The van der Waals surface area contributed by atoms with E-state index < -0.39 is 0 Å². The molecule has 1 heterocycles. The Morgan fingerprint density at radius 3 is 2.43 bits per heavy atom. The Hall–Kier alpha value is -2.00. The molecule has 1 aliphatic heterocycles. The molecular formula is C17H17ClN2O. The van der Waals surface area contributed by atoms with Gasteiger partial charge in [0, 0.05) is 24.3 Å². The molecule has 1 fully saturated rings. The molecule has 1 aliphatic rings. The lowest BCUT2D eigenvalue weighted by atomic mass is 10.2. The maximum atomic E-state index is 12.1. The molecular weight excluding hydrogens is 284 g/mol. The summed E-state index contributed by atoms with van der Waals surface area (Å²) in [6.45, 7) is 2.10. The number of halogens is 1. The molecule has 0 aliphatic carbocycles. The zero-order valence-corrected chi connectivity index (χ0v) is 12.4. The van der Waals surface area contributed by atoms with Crippen LogP contribution in [0, 0.1) is 0 Å². The van der Waals surface area contributed by atoms with Gasteiger partial charge in [0.05, 0.1) is 10.7 Å². The van der Waals surface area contributed by atoms with Crippen LogP contribution in [0.5, 0.6) is 0 Å². The highest BCUT2D eigenvalue weighted by atomic mass is 35.5. The fourth-order valence-electron chi connectivity index (χ4n) is 2.59. The lowest BCUT2D eigenvalue weighted by Crippen LogP contribution is -2.18. The molecule has 0 aromatic heterocycles. The van der Waals surface area contributed by atoms with Gasteiger partial charge in [-0.15, -0.1) is 0 Å². The lowest BCUT2D eigenvalue weighted by molar-refractivity contribution is 0.102. The predicted octanol–water partition coefficient (Wildman–Crippen LogP) is 4.19. The first kappa shape index (κ1) is 14.0. The van der Waals surface area contributed by atoms with Gasteiger partial charge in [-0.05, 0) is 43.2 Å². The van der Waals surface area contributed by atoms with Crippen LogP contribution in [0.1, 0.15) is 23.2 Å². The van der Waals surface area contributed by atoms with Gasteiger partial charge in [0.15, 0.2) is 0 Å². The van der Waals surface area contributed by atoms with Crippen molar-refractivity contribution in [1.29, 1.82) is 0 Å². The molecule has 3 nitrogen and oxygen atoms in total. The van der Waals surface area contributed by atoms with Crippen LogP contribution in [0.4, 0.5) is 11.4 Å². The van der Waals surface area contributed by atoms with Gasteiger partial charge in [0.25, 0.3) is 5.91 Å². The van der Waals surface area contributed by atoms with Crippen LogP contribution >= 0.6 is 11.6 Å². The molecule has 1 saturated heterocycles. The summed E-state index contributed by atoms with van der Waals surface area (Å²) in [6.07, 6.45) is 2.42. The summed E-state index contributed by atoms with van der Waals surface area (Å²) in [4.78, 5) is 14.4. The topological polar surface area (TPSA) is 32.3 Å². The van der Waals surface area contributed by atoms with Crippen molar-refractivity contribution in [3.63, 3.8) is 0 Å². The van der Waals surface area contributed by atoms with Crippen LogP contribution in [0.2, 0.25) is 5.02 Å². The third kappa shape index (κ3) is 3.19. The molecule has 1 amide bonds. The van der Waals surface area contributed by atoms with E-state index in [0.717, 1.165) is 24.5 Å². The van der Waals surface area contributed by atoms with Gasteiger partial charge >= 0.3 is 0 Å². The molecule has 2 aromatic carbocycles. The van der Waals surface area contributed by atoms with Crippen molar-refractivity contribution < 1.29 is 4.79 Å². The summed E-state index contributed by atoms with van der Waals surface area (Å²) in [6, 6.07) is 14.9. The minimum absolute atomic E-state index is 0.124. The van der Waals surface area contributed by atoms with E-state index in [0.29, 0.717) is 10.6 Å². The maximum Gasteiger partial charge on any atom is 0.255 e. The van der Waals surface area contributed by atoms with Crippen molar-refractivity contribution in [3.05, 3.63) is 59.1 Å². The number of amides is 1. The van der Waals surface area contributed by atoms with Crippen molar-refractivity contribution >= 4 is 28.9 Å². The number of carbonyl (C=O) groups excluding carboxylic acids is 1. The first-order valence-electron chi connectivity index (χ1n) is 7.15. The second-order valence-corrected chi connectivity index (χ2v) is 5.59. The van der Waals surface area contributed by atoms with Crippen LogP contribution < -0.4 is 10.2 Å². The number of benzene rings is 2. The average Bonchev–Trinajstić information content (AvgIpc) is 3.02. The summed E-state index contributed by atoms with van der Waals surface area (Å²) >= 11 is 6.35. The maximum absolute atomic E-state index is 12.1. The van der Waals surface area contributed by atoms with Crippen molar-refractivity contribution in [3.8, 4) is 0 Å². The van der Waals surface area contributed by atoms with Crippen molar-refractivity contribution in [2.45, 2.75) is 12.8 Å². The average molecular weight is 301 g/mol. The van der Waals surface area contributed by atoms with E-state index >= 15 is 0 Å². The summed E-state index contributed by atoms with van der Waals surface area (Å²) < 4.78 is 0. The van der Waals surface area contributed by atoms with Gasteiger partial charge in [-0.25, -0.2) is 0 Å². The quantitative estimate of drug-likeness (QED) is 0.921. The monoisotopic (exact) mass is 300 g/mol. The van der Waals surface area contributed by atoms with Crippen molar-refractivity contribution in [2.75, 3.05) is 23.3 Å². The Labute approximate surface area is 129 Å². The molecule has 3 rings (SSSR count). The van der Waals surface area contributed by atoms with E-state index in [4.69, 9.17) is 11.6 Å². The second-order valence-electron chi connectivity index (χ2n) is 5.18. The van der Waals surface area contributed by atoms with E-state index in [1.54, 1.807) is 12.1 Å². The minimum atomic E-state index is -0.124. The Bertz CT molecular complexity index is 636. The zero-order valence-electron chi connectivity index (χ0n) is 11.7. The van der Waals surface area contributed by atoms with E-state index in [1.165, 1.54) is 12.8 Å². The minimum Gasteiger partial charge on any atom is -0.370 e. The van der Waals surface area contributed by atoms with Gasteiger partial charge in [-0.3, -0.25) is 4.79 Å². The number of rotatable bonds is 3. The summed E-state index contributed by atoms with van der Waals surface area (Å²) in [5.74, 6) is -0.124. The highest BCUT2D eigenvalue weighted by Crippen LogP contribution is 2.31. The highest BCUT2D eigenvalue weighted by molar-refractivity contribution is 6.33. The standard InChI is InChI=1S/C17H17ClN2O/c18-15-12-14(8-9-16(15)20-10-4-5-11-20)19-17(21)13-6-2-1-3-7-13/h1-3,6-9,12H,4-5,10-11H2,(H,19,21). The van der Waals surface area contributed by atoms with Crippen molar-refractivity contribution in [2.24, 2.45) is 0 Å². The first-order chi connectivity index (χ1) is 10.2. The molecule has 0 radical (unpaired) electrons. The number of nitrogens with one attached hydrogen (secondary N) is 1. The van der Waals surface area contributed by atoms with E-state index in [9.17, 15) is 4.79 Å². The number of nitrogens with zero attached hydrogens (tertiary/aromatic N) is 1. The number of hydrogen-bond donors (Lipinski definition) is 1. The first-order valence-corrected chi connectivity index (χ1v) is 7.53. The van der Waals surface area contributed by atoms with Crippen LogP contribution in [-0.4, -0.2) is 19.0 Å². The smallest absolute Gasteiger partial charge is 0.255 e. The summed E-state index contributed by atoms with van der Waals surface area (Å²) in [5.41, 5.74) is 2.40. The normalized spacial score (nSPS) is 14.2. The molecule has 0 atom stereocenters. The van der Waals surface area contributed by atoms with Gasteiger partial charge in [-0.1, -0.05) is 29.8 Å². The lowest BCUT2D eigenvalue weighted by Gasteiger charge is -2.19. The third-order valence-corrected chi connectivity index (χ3v) is 3.99. The Morgan fingerprint density at radius 1 is 1.05 bits per heavy atom. The molecule has 1 N–H and O–H groups in total. The second kappa shape index (κ2) is 6.19.